The van der Waals surface area contributed by atoms with Crippen molar-refractivity contribution in [1.82, 2.24) is 24.4 Å². The topological polar surface area (TPSA) is 147 Å². The van der Waals surface area contributed by atoms with E-state index in [0.29, 0.717) is 49.0 Å². The predicted molar refractivity (Wildman–Crippen MR) is 114 cm³/mol. The molecule has 170 valence electrons. The maximum Gasteiger partial charge on any atom is 0.167 e. The van der Waals surface area contributed by atoms with Crippen LogP contribution in [0.3, 0.4) is 0 Å². The van der Waals surface area contributed by atoms with Crippen molar-refractivity contribution in [2.24, 2.45) is 5.73 Å². The van der Waals surface area contributed by atoms with E-state index in [-0.39, 0.29) is 24.9 Å². The van der Waals surface area contributed by atoms with E-state index in [4.69, 9.17) is 25.7 Å². The van der Waals surface area contributed by atoms with Crippen LogP contribution in [0.25, 0.3) is 11.2 Å². The molecule has 0 radical (unpaired) electrons. The number of aliphatic hydroxyl groups is 1. The Morgan fingerprint density at radius 1 is 1.26 bits per heavy atom. The summed E-state index contributed by atoms with van der Waals surface area (Å²) < 4.78 is 20.9. The summed E-state index contributed by atoms with van der Waals surface area (Å²) in [7, 11) is 0. The fraction of sp³-hybridized carbons (Fsp3) is 0.650. The van der Waals surface area contributed by atoms with Gasteiger partial charge in [0.15, 0.2) is 29.0 Å². The number of aromatic nitrogens is 4. The van der Waals surface area contributed by atoms with Gasteiger partial charge in [-0.15, -0.1) is 0 Å². The second-order valence-corrected chi connectivity index (χ2v) is 8.28. The first-order valence-corrected chi connectivity index (χ1v) is 10.5. The summed E-state index contributed by atoms with van der Waals surface area (Å²) in [5.74, 6) is 0.288. The molecule has 2 aliphatic rings. The third-order valence-corrected chi connectivity index (χ3v) is 5.58. The largest absolute Gasteiger partial charge is 0.395 e. The maximum absolute atomic E-state index is 9.50. The number of hydrogen-bond donors (Lipinski definition) is 3. The Morgan fingerprint density at radius 2 is 2.03 bits per heavy atom. The van der Waals surface area contributed by atoms with Crippen molar-refractivity contribution in [3.63, 3.8) is 0 Å². The second kappa shape index (κ2) is 8.77. The number of nitrogen functional groups attached to an aromatic ring is 1. The van der Waals surface area contributed by atoms with E-state index in [1.165, 1.54) is 6.33 Å². The van der Waals surface area contributed by atoms with Crippen LogP contribution in [-0.2, 0) is 14.2 Å². The maximum atomic E-state index is 9.50. The van der Waals surface area contributed by atoms with E-state index < -0.39 is 12.0 Å². The zero-order valence-corrected chi connectivity index (χ0v) is 18.1. The SMILES string of the molecule is Cc1nc2c(N)ncnc2n1[C@@H]1O[C@H](CN(C/C=C\CN)CCO)[C@H]2OC(C)(C)O[C@H]21. The van der Waals surface area contributed by atoms with Crippen LogP contribution >= 0.6 is 0 Å². The number of anilines is 1. The monoisotopic (exact) mass is 433 g/mol. The minimum Gasteiger partial charge on any atom is -0.395 e. The molecule has 2 aromatic heterocycles. The highest BCUT2D eigenvalue weighted by molar-refractivity contribution is 5.81. The van der Waals surface area contributed by atoms with E-state index in [1.807, 2.05) is 37.5 Å². The molecule has 0 bridgehead atoms. The van der Waals surface area contributed by atoms with Crippen LogP contribution in [0.15, 0.2) is 18.5 Å². The third kappa shape index (κ3) is 4.29. The molecule has 0 aromatic carbocycles. The molecule has 0 spiro atoms. The normalized spacial score (nSPS) is 27.7. The molecule has 11 heteroatoms. The van der Waals surface area contributed by atoms with Gasteiger partial charge in [-0.3, -0.25) is 9.47 Å². The summed E-state index contributed by atoms with van der Waals surface area (Å²) in [4.78, 5) is 15.1. The number of ether oxygens (including phenoxy) is 3. The van der Waals surface area contributed by atoms with Crippen LogP contribution in [0.1, 0.15) is 25.9 Å². The van der Waals surface area contributed by atoms with Gasteiger partial charge in [-0.1, -0.05) is 12.2 Å². The number of nitrogens with two attached hydrogens (primary N) is 2. The molecule has 4 heterocycles. The first kappa shape index (κ1) is 22.1. The molecular weight excluding hydrogens is 402 g/mol. The van der Waals surface area contributed by atoms with Crippen molar-refractivity contribution >= 4 is 17.0 Å². The number of aryl methyl sites for hydroxylation is 1. The van der Waals surface area contributed by atoms with E-state index in [9.17, 15) is 5.11 Å². The Hall–Kier alpha value is -2.15. The number of nitrogens with zero attached hydrogens (tertiary/aromatic N) is 5. The third-order valence-electron chi connectivity index (χ3n) is 5.58. The zero-order chi connectivity index (χ0) is 22.2. The van der Waals surface area contributed by atoms with Gasteiger partial charge in [0.25, 0.3) is 0 Å². The fourth-order valence-corrected chi connectivity index (χ4v) is 4.33. The summed E-state index contributed by atoms with van der Waals surface area (Å²) >= 11 is 0. The lowest BCUT2D eigenvalue weighted by Gasteiger charge is -2.28. The van der Waals surface area contributed by atoms with Gasteiger partial charge < -0.3 is 30.8 Å². The van der Waals surface area contributed by atoms with Crippen LogP contribution < -0.4 is 11.5 Å². The van der Waals surface area contributed by atoms with Crippen molar-refractivity contribution in [2.75, 3.05) is 38.5 Å². The summed E-state index contributed by atoms with van der Waals surface area (Å²) in [6.45, 7) is 7.92. The average molecular weight is 434 g/mol. The minimum atomic E-state index is -0.741. The van der Waals surface area contributed by atoms with Crippen LogP contribution in [0.2, 0.25) is 0 Å². The molecule has 4 rings (SSSR count). The Bertz CT molecular complexity index is 947. The highest BCUT2D eigenvalue weighted by Gasteiger charge is 2.56. The number of rotatable bonds is 8. The zero-order valence-electron chi connectivity index (χ0n) is 18.1. The molecule has 11 nitrogen and oxygen atoms in total. The molecular formula is C20H31N7O4. The number of hydrogen-bond acceptors (Lipinski definition) is 10. The Morgan fingerprint density at radius 3 is 2.77 bits per heavy atom. The predicted octanol–water partition coefficient (Wildman–Crippen LogP) is -0.0564. The number of fused-ring (bicyclic) bond motifs is 2. The van der Waals surface area contributed by atoms with Gasteiger partial charge in [0.2, 0.25) is 0 Å². The molecule has 2 aromatic rings. The summed E-state index contributed by atoms with van der Waals surface area (Å²) in [6.07, 6.45) is 3.93. The highest BCUT2D eigenvalue weighted by atomic mass is 16.8. The lowest BCUT2D eigenvalue weighted by molar-refractivity contribution is -0.198. The molecule has 2 fully saturated rings. The number of imidazole rings is 1. The van der Waals surface area contributed by atoms with Crippen molar-refractivity contribution in [1.29, 1.82) is 0 Å². The molecule has 0 saturated carbocycles. The van der Waals surface area contributed by atoms with Crippen LogP contribution in [0, 0.1) is 6.92 Å². The molecule has 2 saturated heterocycles. The van der Waals surface area contributed by atoms with Crippen LogP contribution in [0.5, 0.6) is 0 Å². The first-order chi connectivity index (χ1) is 14.8. The van der Waals surface area contributed by atoms with Crippen molar-refractivity contribution in [3.8, 4) is 0 Å². The summed E-state index contributed by atoms with van der Waals surface area (Å²) in [6, 6.07) is 0. The first-order valence-electron chi connectivity index (χ1n) is 10.5. The van der Waals surface area contributed by atoms with Crippen molar-refractivity contribution < 1.29 is 19.3 Å². The highest BCUT2D eigenvalue weighted by Crippen LogP contribution is 2.44. The molecule has 2 aliphatic heterocycles. The van der Waals surface area contributed by atoms with Crippen LogP contribution in [0.4, 0.5) is 5.82 Å². The standard InChI is InChI=1S/C20H31N7O4/c1-12-25-14-17(22)23-11-24-18(14)27(12)19-16-15(30-20(2,3)31-16)13(29-19)10-26(8-9-28)7-5-4-6-21/h4-5,11,13,15-16,19,28H,6-10,21H2,1-3H3,(H2,22,23,24)/b5-4-/t13-,15-,16-,19-/m1/s1. The van der Waals surface area contributed by atoms with Gasteiger partial charge in [-0.25, -0.2) is 15.0 Å². The number of aliphatic hydroxyl groups excluding tert-OH is 1. The Balaban J connectivity index is 1.64. The average Bonchev–Trinajstić information content (AvgIpc) is 3.31. The smallest absolute Gasteiger partial charge is 0.167 e. The van der Waals surface area contributed by atoms with Crippen LogP contribution in [-0.4, -0.2) is 86.4 Å². The van der Waals surface area contributed by atoms with Gasteiger partial charge in [0, 0.05) is 26.2 Å². The molecule has 0 amide bonds. The van der Waals surface area contributed by atoms with Gasteiger partial charge in [0.05, 0.1) is 6.61 Å². The van der Waals surface area contributed by atoms with Gasteiger partial charge >= 0.3 is 0 Å². The minimum absolute atomic E-state index is 0.0466. The molecule has 0 aliphatic carbocycles. The fourth-order valence-electron chi connectivity index (χ4n) is 4.33. The van der Waals surface area contributed by atoms with Crippen molar-refractivity contribution in [3.05, 3.63) is 24.3 Å². The van der Waals surface area contributed by atoms with Gasteiger partial charge in [-0.2, -0.15) is 0 Å². The summed E-state index contributed by atoms with van der Waals surface area (Å²) in [5, 5.41) is 9.50. The molecule has 4 atom stereocenters. The lowest BCUT2D eigenvalue weighted by atomic mass is 10.1. The van der Waals surface area contributed by atoms with Gasteiger partial charge in [-0.05, 0) is 20.8 Å². The Kier molecular flexibility index (Phi) is 6.24. The van der Waals surface area contributed by atoms with Crippen molar-refractivity contribution in [2.45, 2.75) is 51.1 Å². The quantitative estimate of drug-likeness (QED) is 0.484. The van der Waals surface area contributed by atoms with E-state index in [1.54, 1.807) is 0 Å². The van der Waals surface area contributed by atoms with E-state index >= 15 is 0 Å². The van der Waals surface area contributed by atoms with Gasteiger partial charge in [0.1, 0.15) is 30.5 Å². The molecule has 5 N–H and O–H groups in total. The van der Waals surface area contributed by atoms with E-state index in [2.05, 4.69) is 19.9 Å². The second-order valence-electron chi connectivity index (χ2n) is 8.28. The summed E-state index contributed by atoms with van der Waals surface area (Å²) in [5.41, 5.74) is 12.7. The Labute approximate surface area is 181 Å². The lowest BCUT2D eigenvalue weighted by Crippen LogP contribution is -2.41. The molecule has 31 heavy (non-hydrogen) atoms. The molecule has 0 unspecified atom stereocenters. The van der Waals surface area contributed by atoms with E-state index in [0.717, 1.165) is 0 Å².